The fraction of sp³-hybridized carbons (Fsp3) is 0.462. The third-order valence-corrected chi connectivity index (χ3v) is 4.68. The van der Waals surface area contributed by atoms with Crippen LogP contribution in [0.4, 0.5) is 0 Å². The number of rotatable bonds is 4. The molecule has 1 atom stereocenters. The van der Waals surface area contributed by atoms with Crippen LogP contribution in [0.15, 0.2) is 41.1 Å². The van der Waals surface area contributed by atoms with E-state index in [4.69, 9.17) is 0 Å². The molecule has 0 fully saturated rings. The van der Waals surface area contributed by atoms with Crippen molar-refractivity contribution in [1.29, 1.82) is 0 Å². The average molecular weight is 266 g/mol. The first-order valence-electron chi connectivity index (χ1n) is 6.21. The van der Waals surface area contributed by atoms with Crippen LogP contribution in [0.3, 0.4) is 0 Å². The van der Waals surface area contributed by atoms with Crippen LogP contribution in [-0.4, -0.2) is 19.4 Å². The molecule has 0 saturated carbocycles. The van der Waals surface area contributed by atoms with E-state index in [1.807, 2.05) is 6.92 Å². The molecule has 5 heteroatoms. The lowest BCUT2D eigenvalue weighted by Gasteiger charge is -2.20. The lowest BCUT2D eigenvalue weighted by Crippen LogP contribution is -2.34. The molecule has 0 saturated heterocycles. The molecule has 0 spiro atoms. The highest BCUT2D eigenvalue weighted by Gasteiger charge is 2.20. The number of hydrogen-bond acceptors (Lipinski definition) is 3. The molecule has 1 aliphatic rings. The summed E-state index contributed by atoms with van der Waals surface area (Å²) in [6.07, 6.45) is 9.46. The van der Waals surface area contributed by atoms with Gasteiger partial charge in [-0.1, -0.05) is 11.6 Å². The molecular weight excluding hydrogens is 248 g/mol. The third-order valence-electron chi connectivity index (χ3n) is 3.16. The molecule has 0 bridgehead atoms. The largest absolute Gasteiger partial charge is 0.263 e. The predicted molar refractivity (Wildman–Crippen MR) is 70.6 cm³/mol. The standard InChI is InChI=1S/C13H18N2O2S/c1-11(12-6-3-2-4-7-12)15-18(16,17)13-8-5-9-14-10-13/h5-6,8-11,15H,2-4,7H2,1H3. The molecule has 0 radical (unpaired) electrons. The van der Waals surface area contributed by atoms with Gasteiger partial charge < -0.3 is 0 Å². The topological polar surface area (TPSA) is 59.1 Å². The lowest BCUT2D eigenvalue weighted by atomic mass is 9.95. The first-order valence-corrected chi connectivity index (χ1v) is 7.69. The highest BCUT2D eigenvalue weighted by Crippen LogP contribution is 2.21. The summed E-state index contributed by atoms with van der Waals surface area (Å²) in [5.74, 6) is 0. The van der Waals surface area contributed by atoms with Gasteiger partial charge in [-0.3, -0.25) is 4.98 Å². The van der Waals surface area contributed by atoms with Crippen molar-refractivity contribution >= 4 is 10.0 Å². The van der Waals surface area contributed by atoms with E-state index in [0.717, 1.165) is 19.3 Å². The molecule has 18 heavy (non-hydrogen) atoms. The summed E-state index contributed by atoms with van der Waals surface area (Å²) in [5.41, 5.74) is 1.19. The maximum Gasteiger partial charge on any atom is 0.242 e. The smallest absolute Gasteiger partial charge is 0.242 e. The van der Waals surface area contributed by atoms with Crippen LogP contribution in [0.5, 0.6) is 0 Å². The number of hydrogen-bond donors (Lipinski definition) is 1. The molecule has 1 N–H and O–H groups in total. The Kier molecular flexibility index (Phi) is 4.14. The molecule has 2 rings (SSSR count). The molecule has 0 amide bonds. The second kappa shape index (κ2) is 5.63. The maximum atomic E-state index is 12.1. The van der Waals surface area contributed by atoms with Gasteiger partial charge in [-0.2, -0.15) is 0 Å². The van der Waals surface area contributed by atoms with Gasteiger partial charge in [0.15, 0.2) is 0 Å². The molecule has 0 aromatic carbocycles. The summed E-state index contributed by atoms with van der Waals surface area (Å²) in [4.78, 5) is 4.05. The summed E-state index contributed by atoms with van der Waals surface area (Å²) in [6.45, 7) is 1.89. The lowest BCUT2D eigenvalue weighted by molar-refractivity contribution is 0.563. The normalized spacial score (nSPS) is 18.2. The van der Waals surface area contributed by atoms with Gasteiger partial charge in [0, 0.05) is 18.4 Å². The minimum Gasteiger partial charge on any atom is -0.263 e. The van der Waals surface area contributed by atoms with Gasteiger partial charge in [0.05, 0.1) is 0 Å². The summed E-state index contributed by atoms with van der Waals surface area (Å²) in [7, 11) is -3.46. The zero-order valence-electron chi connectivity index (χ0n) is 10.5. The fourth-order valence-electron chi connectivity index (χ4n) is 2.14. The van der Waals surface area contributed by atoms with Crippen molar-refractivity contribution in [3.05, 3.63) is 36.2 Å². The Balaban J connectivity index is 2.11. The average Bonchev–Trinajstić information content (AvgIpc) is 2.40. The van der Waals surface area contributed by atoms with Crippen LogP contribution < -0.4 is 4.72 Å². The Hall–Kier alpha value is -1.20. The summed E-state index contributed by atoms with van der Waals surface area (Å²) < 4.78 is 26.9. The minimum atomic E-state index is -3.46. The summed E-state index contributed by atoms with van der Waals surface area (Å²) >= 11 is 0. The van der Waals surface area contributed by atoms with Crippen LogP contribution in [-0.2, 0) is 10.0 Å². The van der Waals surface area contributed by atoms with Crippen LogP contribution in [0.2, 0.25) is 0 Å². The van der Waals surface area contributed by atoms with Gasteiger partial charge in [-0.05, 0) is 44.7 Å². The molecule has 1 aliphatic carbocycles. The Morgan fingerprint density at radius 3 is 2.83 bits per heavy atom. The quantitative estimate of drug-likeness (QED) is 0.850. The van der Waals surface area contributed by atoms with Crippen LogP contribution in [0, 0.1) is 0 Å². The van der Waals surface area contributed by atoms with Gasteiger partial charge in [0.2, 0.25) is 10.0 Å². The Morgan fingerprint density at radius 2 is 2.22 bits per heavy atom. The Morgan fingerprint density at radius 1 is 1.39 bits per heavy atom. The van der Waals surface area contributed by atoms with Crippen molar-refractivity contribution in [2.75, 3.05) is 0 Å². The van der Waals surface area contributed by atoms with Crippen molar-refractivity contribution in [2.24, 2.45) is 0 Å². The fourth-order valence-corrected chi connectivity index (χ4v) is 3.35. The van der Waals surface area contributed by atoms with E-state index in [1.54, 1.807) is 18.3 Å². The highest BCUT2D eigenvalue weighted by molar-refractivity contribution is 7.89. The highest BCUT2D eigenvalue weighted by atomic mass is 32.2. The number of pyridine rings is 1. The zero-order chi connectivity index (χ0) is 13.0. The van der Waals surface area contributed by atoms with Gasteiger partial charge >= 0.3 is 0 Å². The zero-order valence-corrected chi connectivity index (χ0v) is 11.3. The first-order chi connectivity index (χ1) is 8.59. The molecule has 1 aromatic heterocycles. The maximum absolute atomic E-state index is 12.1. The number of nitrogens with zero attached hydrogens (tertiary/aromatic N) is 1. The molecule has 98 valence electrons. The van der Waals surface area contributed by atoms with E-state index in [0.29, 0.717) is 0 Å². The minimum absolute atomic E-state index is 0.143. The number of aromatic nitrogens is 1. The van der Waals surface area contributed by atoms with Crippen LogP contribution in [0.1, 0.15) is 32.6 Å². The molecular formula is C13H18N2O2S. The number of sulfonamides is 1. The van der Waals surface area contributed by atoms with Gasteiger partial charge in [0.25, 0.3) is 0 Å². The second-order valence-corrected chi connectivity index (χ2v) is 6.27. The van der Waals surface area contributed by atoms with Gasteiger partial charge in [-0.15, -0.1) is 0 Å². The van der Waals surface area contributed by atoms with Crippen molar-refractivity contribution in [1.82, 2.24) is 9.71 Å². The van der Waals surface area contributed by atoms with Gasteiger partial charge in [0.1, 0.15) is 4.90 Å². The van der Waals surface area contributed by atoms with E-state index in [2.05, 4.69) is 15.8 Å². The first kappa shape index (κ1) is 13.2. The second-order valence-electron chi connectivity index (χ2n) is 4.56. The van der Waals surface area contributed by atoms with Gasteiger partial charge in [-0.25, -0.2) is 13.1 Å². The van der Waals surface area contributed by atoms with Crippen molar-refractivity contribution < 1.29 is 8.42 Å². The van der Waals surface area contributed by atoms with Crippen LogP contribution in [0.25, 0.3) is 0 Å². The van der Waals surface area contributed by atoms with Crippen molar-refractivity contribution in [3.8, 4) is 0 Å². The predicted octanol–water partition coefficient (Wildman–Crippen LogP) is 2.25. The number of allylic oxidation sites excluding steroid dienone is 1. The SMILES string of the molecule is CC(NS(=O)(=O)c1cccnc1)C1=CCCCC1. The molecule has 1 unspecified atom stereocenters. The summed E-state index contributed by atoms with van der Waals surface area (Å²) in [6, 6.07) is 3.03. The molecule has 1 heterocycles. The van der Waals surface area contributed by atoms with E-state index >= 15 is 0 Å². The summed E-state index contributed by atoms with van der Waals surface area (Å²) in [5, 5.41) is 0. The molecule has 4 nitrogen and oxygen atoms in total. The third kappa shape index (κ3) is 3.17. The van der Waals surface area contributed by atoms with Crippen LogP contribution >= 0.6 is 0 Å². The monoisotopic (exact) mass is 266 g/mol. The number of nitrogens with one attached hydrogen (secondary N) is 1. The molecule has 0 aliphatic heterocycles. The Bertz CT molecular complexity index is 523. The molecule has 1 aromatic rings. The van der Waals surface area contributed by atoms with Crippen molar-refractivity contribution in [2.45, 2.75) is 43.5 Å². The van der Waals surface area contributed by atoms with E-state index < -0.39 is 10.0 Å². The Labute approximate surface area is 108 Å². The van der Waals surface area contributed by atoms with E-state index in [1.165, 1.54) is 18.2 Å². The van der Waals surface area contributed by atoms with E-state index in [-0.39, 0.29) is 10.9 Å². The van der Waals surface area contributed by atoms with E-state index in [9.17, 15) is 8.42 Å². The van der Waals surface area contributed by atoms with Crippen molar-refractivity contribution in [3.63, 3.8) is 0 Å².